The Bertz CT molecular complexity index is 1420. The molecule has 2 aliphatic rings. The van der Waals surface area contributed by atoms with Crippen molar-refractivity contribution in [2.24, 2.45) is 5.92 Å². The molecule has 4 aromatic rings. The van der Waals surface area contributed by atoms with Crippen LogP contribution in [0.1, 0.15) is 24.8 Å². The number of carbonyl (C=O) groups is 1. The highest BCUT2D eigenvalue weighted by molar-refractivity contribution is 5.95. The van der Waals surface area contributed by atoms with Crippen LogP contribution >= 0.6 is 0 Å². The van der Waals surface area contributed by atoms with Gasteiger partial charge >= 0.3 is 6.01 Å². The number of benzene rings is 3. The maximum Gasteiger partial charge on any atom is 0.336 e. The molecule has 3 aromatic carbocycles. The summed E-state index contributed by atoms with van der Waals surface area (Å²) in [6.45, 7) is 3.53. The number of hydrogen-bond acceptors (Lipinski definition) is 7. The van der Waals surface area contributed by atoms with Gasteiger partial charge in [0.15, 0.2) is 17.3 Å². The van der Waals surface area contributed by atoms with E-state index in [1.165, 1.54) is 5.56 Å². The fourth-order valence-electron chi connectivity index (χ4n) is 4.57. The fraction of sp³-hybridized carbons (Fsp3) is 0.276. The monoisotopic (exact) mass is 512 g/mol. The number of rotatable bonds is 10. The molecule has 1 aliphatic carbocycles. The number of anilines is 1. The highest BCUT2D eigenvalue weighted by Gasteiger charge is 2.43. The van der Waals surface area contributed by atoms with Crippen LogP contribution in [0.15, 0.2) is 72.8 Å². The molecule has 1 aliphatic heterocycles. The van der Waals surface area contributed by atoms with Crippen LogP contribution in [0.25, 0.3) is 17.1 Å². The van der Waals surface area contributed by atoms with Gasteiger partial charge in [-0.2, -0.15) is 4.98 Å². The van der Waals surface area contributed by atoms with Gasteiger partial charge in [0.1, 0.15) is 6.61 Å². The predicted molar refractivity (Wildman–Crippen MR) is 141 cm³/mol. The van der Waals surface area contributed by atoms with Crippen LogP contribution in [0.2, 0.25) is 0 Å². The summed E-state index contributed by atoms with van der Waals surface area (Å²) in [4.78, 5) is 17.4. The van der Waals surface area contributed by atoms with Gasteiger partial charge in [0.05, 0.1) is 12.3 Å². The molecule has 2 atom stereocenters. The number of amides is 1. The average Bonchev–Trinajstić information content (AvgIpc) is 3.43. The Hall–Kier alpha value is -4.37. The van der Waals surface area contributed by atoms with E-state index in [1.807, 2.05) is 67.6 Å². The first-order chi connectivity index (χ1) is 18.7. The lowest BCUT2D eigenvalue weighted by Gasteiger charge is -2.09. The van der Waals surface area contributed by atoms with Crippen LogP contribution in [-0.2, 0) is 9.53 Å². The number of carbonyl (C=O) groups excluding carboxylic acids is 1. The minimum Gasteiger partial charge on any atom is -0.460 e. The molecule has 0 saturated heterocycles. The molecule has 0 bridgehead atoms. The second-order valence-corrected chi connectivity index (χ2v) is 9.14. The zero-order valence-electron chi connectivity index (χ0n) is 21.0. The molecule has 6 rings (SSSR count). The van der Waals surface area contributed by atoms with E-state index >= 15 is 0 Å². The maximum atomic E-state index is 12.8. The van der Waals surface area contributed by atoms with E-state index in [2.05, 4.69) is 27.5 Å². The van der Waals surface area contributed by atoms with Crippen molar-refractivity contribution in [3.63, 3.8) is 0 Å². The van der Waals surface area contributed by atoms with E-state index in [0.717, 1.165) is 23.4 Å². The highest BCUT2D eigenvalue weighted by Crippen LogP contribution is 2.48. The minimum absolute atomic E-state index is 0.00129. The van der Waals surface area contributed by atoms with E-state index in [4.69, 9.17) is 18.9 Å². The van der Waals surface area contributed by atoms with Crippen molar-refractivity contribution in [1.82, 2.24) is 14.8 Å². The van der Waals surface area contributed by atoms with Gasteiger partial charge in [-0.15, -0.1) is 5.10 Å². The standard InChI is InChI=1S/C29H28N4O5/c1-2-35-14-15-36-29-31-27(20-8-13-25-26(16-20)38-18-37-25)33(32-29)22-11-9-21(10-12-22)30-28(34)24-17-23(24)19-6-4-3-5-7-19/h3-13,16,23-24H,2,14-15,17-18H2,1H3,(H,30,34)/t23-,24+/m0/s1. The summed E-state index contributed by atoms with van der Waals surface area (Å²) in [6.07, 6.45) is 0.873. The van der Waals surface area contributed by atoms with Gasteiger partial charge in [0.2, 0.25) is 12.7 Å². The third-order valence-electron chi connectivity index (χ3n) is 6.62. The lowest BCUT2D eigenvalue weighted by molar-refractivity contribution is -0.117. The van der Waals surface area contributed by atoms with Crippen LogP contribution in [-0.4, -0.2) is 47.3 Å². The summed E-state index contributed by atoms with van der Waals surface area (Å²) >= 11 is 0. The molecule has 1 amide bonds. The molecule has 1 saturated carbocycles. The molecule has 2 heterocycles. The predicted octanol–water partition coefficient (Wildman–Crippen LogP) is 4.82. The Labute approximate surface area is 220 Å². The molecule has 0 spiro atoms. The molecule has 1 aromatic heterocycles. The van der Waals surface area contributed by atoms with Gasteiger partial charge in [-0.25, -0.2) is 4.68 Å². The smallest absolute Gasteiger partial charge is 0.336 e. The van der Waals surface area contributed by atoms with Gasteiger partial charge in [-0.05, 0) is 67.3 Å². The van der Waals surface area contributed by atoms with E-state index in [-0.39, 0.29) is 30.5 Å². The summed E-state index contributed by atoms with van der Waals surface area (Å²) in [6, 6.07) is 23.6. The Kier molecular flexibility index (Phi) is 6.66. The Morgan fingerprint density at radius 3 is 2.66 bits per heavy atom. The van der Waals surface area contributed by atoms with E-state index < -0.39 is 0 Å². The Morgan fingerprint density at radius 1 is 1.03 bits per heavy atom. The highest BCUT2D eigenvalue weighted by atomic mass is 16.7. The van der Waals surface area contributed by atoms with Crippen molar-refractivity contribution in [2.45, 2.75) is 19.3 Å². The van der Waals surface area contributed by atoms with E-state index in [0.29, 0.717) is 37.1 Å². The number of fused-ring (bicyclic) bond motifs is 1. The van der Waals surface area contributed by atoms with Crippen LogP contribution in [0, 0.1) is 5.92 Å². The summed E-state index contributed by atoms with van der Waals surface area (Å²) in [5, 5.41) is 7.64. The van der Waals surface area contributed by atoms with Gasteiger partial charge in [0.25, 0.3) is 0 Å². The van der Waals surface area contributed by atoms with E-state index in [1.54, 1.807) is 4.68 Å². The summed E-state index contributed by atoms with van der Waals surface area (Å²) in [7, 11) is 0. The van der Waals surface area contributed by atoms with Gasteiger partial charge in [-0.3, -0.25) is 4.79 Å². The first-order valence-electron chi connectivity index (χ1n) is 12.7. The maximum absolute atomic E-state index is 12.8. The topological polar surface area (TPSA) is 96.7 Å². The van der Waals surface area contributed by atoms with Gasteiger partial charge < -0.3 is 24.3 Å². The molecule has 9 nitrogen and oxygen atoms in total. The molecule has 194 valence electrons. The number of aromatic nitrogens is 3. The van der Waals surface area contributed by atoms with Crippen molar-refractivity contribution in [1.29, 1.82) is 0 Å². The van der Waals surface area contributed by atoms with Crippen LogP contribution in [0.3, 0.4) is 0 Å². The van der Waals surface area contributed by atoms with Crippen molar-refractivity contribution in [2.75, 3.05) is 31.9 Å². The second-order valence-electron chi connectivity index (χ2n) is 9.14. The largest absolute Gasteiger partial charge is 0.460 e. The summed E-state index contributed by atoms with van der Waals surface area (Å²) < 4.78 is 23.8. The normalized spacial score (nSPS) is 17.3. The Balaban J connectivity index is 1.20. The quantitative estimate of drug-likeness (QED) is 0.304. The number of nitrogens with one attached hydrogen (secondary N) is 1. The molecule has 9 heteroatoms. The van der Waals surface area contributed by atoms with Crippen LogP contribution < -0.4 is 19.5 Å². The molecular weight excluding hydrogens is 484 g/mol. The first-order valence-corrected chi connectivity index (χ1v) is 12.7. The van der Waals surface area contributed by atoms with E-state index in [9.17, 15) is 4.79 Å². The van der Waals surface area contributed by atoms with Crippen molar-refractivity contribution >= 4 is 11.6 Å². The third-order valence-corrected chi connectivity index (χ3v) is 6.62. The summed E-state index contributed by atoms with van der Waals surface area (Å²) in [5.41, 5.74) is 3.52. The molecule has 0 unspecified atom stereocenters. The molecule has 0 radical (unpaired) electrons. The third kappa shape index (κ3) is 5.05. The minimum atomic E-state index is 0.00129. The lowest BCUT2D eigenvalue weighted by Crippen LogP contribution is -2.14. The molecular formula is C29H28N4O5. The first kappa shape index (κ1) is 24.0. The number of hydrogen-bond donors (Lipinski definition) is 1. The zero-order valence-corrected chi connectivity index (χ0v) is 21.0. The second kappa shape index (κ2) is 10.5. The number of ether oxygens (including phenoxy) is 4. The Morgan fingerprint density at radius 2 is 1.84 bits per heavy atom. The molecule has 1 N–H and O–H groups in total. The van der Waals surface area contributed by atoms with Crippen molar-refractivity contribution in [3.8, 4) is 34.6 Å². The lowest BCUT2D eigenvalue weighted by atomic mass is 10.1. The van der Waals surface area contributed by atoms with Crippen molar-refractivity contribution < 1.29 is 23.7 Å². The van der Waals surface area contributed by atoms with Crippen molar-refractivity contribution in [3.05, 3.63) is 78.4 Å². The van der Waals surface area contributed by atoms with Gasteiger partial charge in [-0.1, -0.05) is 30.3 Å². The van der Waals surface area contributed by atoms with Gasteiger partial charge in [0, 0.05) is 23.8 Å². The molecule has 38 heavy (non-hydrogen) atoms. The molecule has 1 fully saturated rings. The fourth-order valence-corrected chi connectivity index (χ4v) is 4.57. The van der Waals surface area contributed by atoms with Crippen LogP contribution in [0.5, 0.6) is 17.5 Å². The van der Waals surface area contributed by atoms with Crippen LogP contribution in [0.4, 0.5) is 5.69 Å². The summed E-state index contributed by atoms with van der Waals surface area (Å²) in [5.74, 6) is 2.27. The number of nitrogens with zero attached hydrogens (tertiary/aromatic N) is 3. The zero-order chi connectivity index (χ0) is 25.9. The average molecular weight is 513 g/mol. The SMILES string of the molecule is CCOCCOc1nc(-c2ccc3c(c2)OCO3)n(-c2ccc(NC(=O)[C@@H]3C[C@H]3c3ccccc3)cc2)n1.